The van der Waals surface area contributed by atoms with Gasteiger partial charge >= 0.3 is 5.69 Å². The molecule has 8 heteroatoms. The highest BCUT2D eigenvalue weighted by molar-refractivity contribution is 5.99. The number of amides is 1. The fourth-order valence-corrected chi connectivity index (χ4v) is 2.76. The molecule has 0 aliphatic carbocycles. The van der Waals surface area contributed by atoms with Crippen LogP contribution in [0.5, 0.6) is 5.75 Å². The Balaban J connectivity index is 1.76. The van der Waals surface area contributed by atoms with Crippen LogP contribution in [0.15, 0.2) is 53.6 Å². The maximum Gasteiger partial charge on any atom is 0.311 e. The average Bonchev–Trinajstić information content (AvgIpc) is 3.00. The molecule has 2 aromatic carbocycles. The van der Waals surface area contributed by atoms with E-state index in [2.05, 4.69) is 10.5 Å². The van der Waals surface area contributed by atoms with Crippen molar-refractivity contribution in [3.63, 3.8) is 0 Å². The third kappa shape index (κ3) is 3.79. The Morgan fingerprint density at radius 2 is 2.07 bits per heavy atom. The van der Waals surface area contributed by atoms with Crippen LogP contribution < -0.4 is 10.2 Å². The molecule has 0 saturated carbocycles. The number of ether oxygens (including phenoxy) is 1. The molecule has 8 nitrogen and oxygen atoms in total. The van der Waals surface area contributed by atoms with Gasteiger partial charge in [0.15, 0.2) is 5.75 Å². The molecule has 138 valence electrons. The zero-order chi connectivity index (χ0) is 19.4. The molecule has 0 aliphatic rings. The number of hydrogen-bond acceptors (Lipinski definition) is 5. The van der Waals surface area contributed by atoms with Gasteiger partial charge < -0.3 is 9.30 Å². The molecule has 3 aromatic rings. The molecule has 1 N–H and O–H groups in total. The fourth-order valence-electron chi connectivity index (χ4n) is 2.76. The Morgan fingerprint density at radius 1 is 1.30 bits per heavy atom. The number of nitrogens with one attached hydrogen (secondary N) is 1. The molecule has 0 spiro atoms. The smallest absolute Gasteiger partial charge is 0.311 e. The Bertz CT molecular complexity index is 1040. The number of benzene rings is 2. The predicted octanol–water partition coefficient (Wildman–Crippen LogP) is 3.25. The average molecular weight is 366 g/mol. The van der Waals surface area contributed by atoms with E-state index in [9.17, 15) is 14.9 Å². The highest BCUT2D eigenvalue weighted by atomic mass is 16.6. The number of carbonyl (C=O) groups is 1. The topological polar surface area (TPSA) is 98.8 Å². The quantitative estimate of drug-likeness (QED) is 0.411. The summed E-state index contributed by atoms with van der Waals surface area (Å²) in [5.41, 5.74) is 4.17. The largest absolute Gasteiger partial charge is 0.487 e. The molecule has 1 aromatic heterocycles. The molecular weight excluding hydrogens is 348 g/mol. The highest BCUT2D eigenvalue weighted by Crippen LogP contribution is 2.27. The van der Waals surface area contributed by atoms with Crippen LogP contribution in [0.3, 0.4) is 0 Å². The summed E-state index contributed by atoms with van der Waals surface area (Å²) in [7, 11) is 1.80. The third-order valence-corrected chi connectivity index (χ3v) is 4.04. The first-order valence-corrected chi connectivity index (χ1v) is 8.30. The van der Waals surface area contributed by atoms with Gasteiger partial charge in [0.1, 0.15) is 5.69 Å². The van der Waals surface area contributed by atoms with Crippen molar-refractivity contribution in [2.75, 3.05) is 6.61 Å². The number of hydrazone groups is 1. The number of nitro benzene ring substituents is 1. The van der Waals surface area contributed by atoms with Gasteiger partial charge in [0.25, 0.3) is 5.91 Å². The lowest BCUT2D eigenvalue weighted by atomic mass is 10.2. The maximum absolute atomic E-state index is 12.4. The molecule has 1 heterocycles. The van der Waals surface area contributed by atoms with Crippen LogP contribution in [-0.4, -0.2) is 28.2 Å². The molecule has 0 bridgehead atoms. The van der Waals surface area contributed by atoms with Crippen LogP contribution in [0.1, 0.15) is 23.0 Å². The lowest BCUT2D eigenvalue weighted by Gasteiger charge is -2.04. The monoisotopic (exact) mass is 366 g/mol. The summed E-state index contributed by atoms with van der Waals surface area (Å²) in [6.45, 7) is 2.08. The van der Waals surface area contributed by atoms with E-state index in [-0.39, 0.29) is 17.3 Å². The molecule has 0 unspecified atom stereocenters. The number of aromatic nitrogens is 1. The molecule has 0 radical (unpaired) electrons. The fraction of sp³-hybridized carbons (Fsp3) is 0.158. The number of para-hydroxylation sites is 1. The van der Waals surface area contributed by atoms with E-state index >= 15 is 0 Å². The Morgan fingerprint density at radius 3 is 2.78 bits per heavy atom. The van der Waals surface area contributed by atoms with Crippen molar-refractivity contribution in [2.24, 2.45) is 12.1 Å². The van der Waals surface area contributed by atoms with Crippen LogP contribution in [0.2, 0.25) is 0 Å². The molecule has 0 atom stereocenters. The van der Waals surface area contributed by atoms with Gasteiger partial charge in [0.2, 0.25) is 0 Å². The minimum atomic E-state index is -0.517. The standard InChI is InChI=1S/C19H18N4O4/c1-3-27-18-9-8-13(10-16(18)23(25)26)12-20-21-19(24)17-11-14-6-4-5-7-15(14)22(17)2/h4-12H,3H2,1-2H3,(H,21,24)/b20-12+. The molecule has 27 heavy (non-hydrogen) atoms. The summed E-state index contributed by atoms with van der Waals surface area (Å²) in [6, 6.07) is 13.9. The van der Waals surface area contributed by atoms with E-state index in [1.807, 2.05) is 24.3 Å². The van der Waals surface area contributed by atoms with Crippen molar-refractivity contribution in [2.45, 2.75) is 6.92 Å². The number of hydrogen-bond donors (Lipinski definition) is 1. The minimum absolute atomic E-state index is 0.152. The van der Waals surface area contributed by atoms with Crippen LogP contribution in [0.25, 0.3) is 10.9 Å². The second-order valence-electron chi connectivity index (χ2n) is 5.76. The van der Waals surface area contributed by atoms with Crippen molar-refractivity contribution < 1.29 is 14.5 Å². The SMILES string of the molecule is CCOc1ccc(/C=N/NC(=O)c2cc3ccccc3n2C)cc1[N+](=O)[O-]. The number of nitro groups is 1. The van der Waals surface area contributed by atoms with Crippen LogP contribution >= 0.6 is 0 Å². The Kier molecular flexibility index (Phi) is 5.16. The van der Waals surface area contributed by atoms with Gasteiger partial charge in [-0.05, 0) is 31.2 Å². The first kappa shape index (κ1) is 18.1. The molecule has 0 saturated heterocycles. The van der Waals surface area contributed by atoms with E-state index in [0.29, 0.717) is 17.9 Å². The van der Waals surface area contributed by atoms with Gasteiger partial charge in [-0.15, -0.1) is 0 Å². The molecule has 3 rings (SSSR count). The number of rotatable bonds is 6. The second kappa shape index (κ2) is 7.69. The lowest BCUT2D eigenvalue weighted by molar-refractivity contribution is -0.385. The van der Waals surface area contributed by atoms with Gasteiger partial charge in [0.05, 0.1) is 17.7 Å². The van der Waals surface area contributed by atoms with Gasteiger partial charge in [-0.1, -0.05) is 18.2 Å². The molecule has 0 aliphatic heterocycles. The molecular formula is C19H18N4O4. The predicted molar refractivity (Wildman–Crippen MR) is 102 cm³/mol. The maximum atomic E-state index is 12.4. The first-order chi connectivity index (χ1) is 13.0. The summed E-state index contributed by atoms with van der Waals surface area (Å²) >= 11 is 0. The van der Waals surface area contributed by atoms with Crippen LogP contribution in [-0.2, 0) is 7.05 Å². The zero-order valence-corrected chi connectivity index (χ0v) is 14.9. The minimum Gasteiger partial charge on any atom is -0.487 e. The summed E-state index contributed by atoms with van der Waals surface area (Å²) in [6.07, 6.45) is 1.35. The van der Waals surface area contributed by atoms with E-state index in [1.165, 1.54) is 18.3 Å². The summed E-state index contributed by atoms with van der Waals surface area (Å²) < 4.78 is 7.02. The lowest BCUT2D eigenvalue weighted by Crippen LogP contribution is -2.20. The number of nitrogens with zero attached hydrogens (tertiary/aromatic N) is 3. The number of carbonyl (C=O) groups excluding carboxylic acids is 1. The number of fused-ring (bicyclic) bond motifs is 1. The van der Waals surface area contributed by atoms with E-state index in [1.54, 1.807) is 30.7 Å². The van der Waals surface area contributed by atoms with Crippen molar-refractivity contribution in [3.8, 4) is 5.75 Å². The van der Waals surface area contributed by atoms with E-state index in [4.69, 9.17) is 4.74 Å². The first-order valence-electron chi connectivity index (χ1n) is 8.30. The summed E-state index contributed by atoms with van der Waals surface area (Å²) in [4.78, 5) is 23.0. The molecule has 1 amide bonds. The van der Waals surface area contributed by atoms with Crippen molar-refractivity contribution >= 4 is 28.7 Å². The number of aryl methyl sites for hydroxylation is 1. The Labute approximate surface area is 155 Å². The normalized spacial score (nSPS) is 11.0. The van der Waals surface area contributed by atoms with Gasteiger partial charge in [-0.2, -0.15) is 5.10 Å². The van der Waals surface area contributed by atoms with Gasteiger partial charge in [-0.3, -0.25) is 14.9 Å². The van der Waals surface area contributed by atoms with Gasteiger partial charge in [-0.25, -0.2) is 5.43 Å². The Hall–Kier alpha value is -3.68. The second-order valence-corrected chi connectivity index (χ2v) is 5.76. The van der Waals surface area contributed by atoms with E-state index < -0.39 is 4.92 Å². The van der Waals surface area contributed by atoms with Crippen molar-refractivity contribution in [3.05, 3.63) is 69.9 Å². The summed E-state index contributed by atoms with van der Waals surface area (Å²) in [5, 5.41) is 16.0. The zero-order valence-electron chi connectivity index (χ0n) is 14.9. The van der Waals surface area contributed by atoms with Gasteiger partial charge in [0, 0.05) is 29.6 Å². The van der Waals surface area contributed by atoms with Crippen LogP contribution in [0.4, 0.5) is 5.69 Å². The van der Waals surface area contributed by atoms with Crippen molar-refractivity contribution in [1.29, 1.82) is 0 Å². The van der Waals surface area contributed by atoms with E-state index in [0.717, 1.165) is 10.9 Å². The molecule has 0 fully saturated rings. The van der Waals surface area contributed by atoms with Crippen molar-refractivity contribution in [1.82, 2.24) is 9.99 Å². The van der Waals surface area contributed by atoms with Crippen LogP contribution in [0, 0.1) is 10.1 Å². The third-order valence-electron chi connectivity index (χ3n) is 4.04. The summed E-state index contributed by atoms with van der Waals surface area (Å²) in [5.74, 6) is -0.176. The highest BCUT2D eigenvalue weighted by Gasteiger charge is 2.15.